The molecule has 40 heavy (non-hydrogen) atoms. The summed E-state index contributed by atoms with van der Waals surface area (Å²) in [5.74, 6) is -2.88. The van der Waals surface area contributed by atoms with Crippen LogP contribution in [0.15, 0.2) is 77.8 Å². The largest absolute Gasteiger partial charge is 0.490 e. The number of benzene rings is 3. The highest BCUT2D eigenvalue weighted by molar-refractivity contribution is 5.95. The molecule has 0 atom stereocenters. The number of hydrogen-bond donors (Lipinski definition) is 3. The Morgan fingerprint density at radius 2 is 1.48 bits per heavy atom. The van der Waals surface area contributed by atoms with Crippen LogP contribution >= 0.6 is 0 Å². The number of piperazine rings is 1. The summed E-state index contributed by atoms with van der Waals surface area (Å²) in [5, 5.41) is 19.7. The Bertz CT molecular complexity index is 1320. The smallest absolute Gasteiger partial charge is 0.478 e. The van der Waals surface area contributed by atoms with Gasteiger partial charge in [-0.25, -0.2) is 14.6 Å². The number of carbonyl (C=O) groups is 2. The molecular formula is C29H31F3N4O4. The maximum Gasteiger partial charge on any atom is 0.490 e. The summed E-state index contributed by atoms with van der Waals surface area (Å²) >= 11 is 0. The topological polar surface area (TPSA) is 105 Å². The molecule has 1 aliphatic rings. The molecule has 0 aromatic heterocycles. The van der Waals surface area contributed by atoms with Gasteiger partial charge in [0, 0.05) is 37.6 Å². The number of aliphatic imine (C=N–C) groups is 1. The Hall–Kier alpha value is -4.54. The first-order valence-corrected chi connectivity index (χ1v) is 12.5. The molecule has 1 heterocycles. The maximum absolute atomic E-state index is 11.2. The first-order chi connectivity index (χ1) is 19.0. The van der Waals surface area contributed by atoms with Crippen LogP contribution in [0.5, 0.6) is 0 Å². The Labute approximate surface area is 230 Å². The van der Waals surface area contributed by atoms with Crippen molar-refractivity contribution in [2.75, 3.05) is 36.4 Å². The first-order valence-electron chi connectivity index (χ1n) is 12.5. The van der Waals surface area contributed by atoms with Crippen LogP contribution < -0.4 is 10.2 Å². The molecule has 1 saturated heterocycles. The second-order valence-corrected chi connectivity index (χ2v) is 9.13. The van der Waals surface area contributed by atoms with Gasteiger partial charge in [-0.3, -0.25) is 0 Å². The molecule has 1 fully saturated rings. The van der Waals surface area contributed by atoms with E-state index in [2.05, 4.69) is 59.3 Å². The van der Waals surface area contributed by atoms with Crippen molar-refractivity contribution in [1.29, 1.82) is 0 Å². The highest BCUT2D eigenvalue weighted by atomic mass is 19.4. The number of alkyl halides is 3. The van der Waals surface area contributed by atoms with Crippen LogP contribution in [0.4, 0.5) is 24.5 Å². The summed E-state index contributed by atoms with van der Waals surface area (Å²) in [7, 11) is 0. The molecule has 1 aliphatic heterocycles. The minimum absolute atomic E-state index is 0.269. The number of aryl methyl sites for hydroxylation is 1. The number of guanidine groups is 1. The molecule has 3 aromatic rings. The predicted octanol–water partition coefficient (Wildman–Crippen LogP) is 5.43. The van der Waals surface area contributed by atoms with Crippen LogP contribution in [0.2, 0.25) is 0 Å². The lowest BCUT2D eigenvalue weighted by molar-refractivity contribution is -0.192. The zero-order chi connectivity index (χ0) is 29.3. The normalized spacial score (nSPS) is 13.8. The highest BCUT2D eigenvalue weighted by Gasteiger charge is 2.38. The Morgan fingerprint density at radius 3 is 2.02 bits per heavy atom. The molecule has 0 aliphatic carbocycles. The van der Waals surface area contributed by atoms with Crippen LogP contribution in [0.25, 0.3) is 0 Å². The zero-order valence-electron chi connectivity index (χ0n) is 22.2. The minimum atomic E-state index is -5.08. The van der Waals surface area contributed by atoms with Crippen molar-refractivity contribution in [3.05, 3.63) is 95.1 Å². The van der Waals surface area contributed by atoms with Crippen molar-refractivity contribution in [2.45, 2.75) is 26.6 Å². The van der Waals surface area contributed by atoms with Crippen molar-refractivity contribution < 1.29 is 33.0 Å². The van der Waals surface area contributed by atoms with Gasteiger partial charge in [-0.15, -0.1) is 0 Å². The summed E-state index contributed by atoms with van der Waals surface area (Å²) in [5.41, 5.74) is 6.18. The lowest BCUT2D eigenvalue weighted by atomic mass is 10.1. The molecule has 0 bridgehead atoms. The number of rotatable bonds is 5. The van der Waals surface area contributed by atoms with E-state index in [1.165, 1.54) is 16.8 Å². The van der Waals surface area contributed by atoms with E-state index in [4.69, 9.17) is 14.9 Å². The zero-order valence-corrected chi connectivity index (χ0v) is 22.2. The molecule has 0 saturated carbocycles. The van der Waals surface area contributed by atoms with E-state index < -0.39 is 18.1 Å². The monoisotopic (exact) mass is 556 g/mol. The molecule has 4 rings (SSSR count). The van der Waals surface area contributed by atoms with E-state index in [1.54, 1.807) is 24.3 Å². The number of nitrogens with zero attached hydrogens (tertiary/aromatic N) is 3. The van der Waals surface area contributed by atoms with Gasteiger partial charge in [0.05, 0.1) is 12.1 Å². The average molecular weight is 557 g/mol. The molecule has 11 heteroatoms. The minimum Gasteiger partial charge on any atom is -0.478 e. The van der Waals surface area contributed by atoms with Crippen molar-refractivity contribution in [2.24, 2.45) is 4.99 Å². The van der Waals surface area contributed by atoms with Gasteiger partial charge in [-0.05, 0) is 60.9 Å². The number of aliphatic carboxylic acids is 1. The van der Waals surface area contributed by atoms with Gasteiger partial charge in [-0.2, -0.15) is 13.2 Å². The quantitative estimate of drug-likeness (QED) is 0.285. The lowest BCUT2D eigenvalue weighted by Crippen LogP contribution is -2.51. The summed E-state index contributed by atoms with van der Waals surface area (Å²) in [4.78, 5) is 29.7. The lowest BCUT2D eigenvalue weighted by Gasteiger charge is -2.38. The fourth-order valence-corrected chi connectivity index (χ4v) is 4.03. The average Bonchev–Trinajstić information content (AvgIpc) is 2.93. The Kier molecular flexibility index (Phi) is 10.1. The van der Waals surface area contributed by atoms with E-state index >= 15 is 0 Å². The van der Waals surface area contributed by atoms with Gasteiger partial charge in [0.1, 0.15) is 0 Å². The number of hydrogen-bond acceptors (Lipinski definition) is 4. The van der Waals surface area contributed by atoms with Crippen molar-refractivity contribution in [1.82, 2.24) is 4.90 Å². The molecule has 0 unspecified atom stereocenters. The summed E-state index contributed by atoms with van der Waals surface area (Å²) in [6, 6.07) is 23.5. The van der Waals surface area contributed by atoms with Crippen LogP contribution in [0.3, 0.4) is 0 Å². The SMILES string of the molecule is Cc1cccc(N2CCN(C(=NCc3ccccc3)Nc3ccc(C(=O)O)cc3)CC2)c1C.O=C(O)C(F)(F)F. The number of anilines is 2. The number of nitrogens with one attached hydrogen (secondary N) is 1. The van der Waals surface area contributed by atoms with Crippen molar-refractivity contribution >= 4 is 29.3 Å². The van der Waals surface area contributed by atoms with Crippen molar-refractivity contribution in [3.63, 3.8) is 0 Å². The molecule has 3 aromatic carbocycles. The van der Waals surface area contributed by atoms with Gasteiger partial charge in [0.25, 0.3) is 0 Å². The van der Waals surface area contributed by atoms with Gasteiger partial charge in [0.2, 0.25) is 0 Å². The molecule has 0 spiro atoms. The first kappa shape index (κ1) is 30.0. The molecular weight excluding hydrogens is 525 g/mol. The van der Waals surface area contributed by atoms with Crippen LogP contribution in [-0.2, 0) is 11.3 Å². The second kappa shape index (κ2) is 13.5. The summed E-state index contributed by atoms with van der Waals surface area (Å²) < 4.78 is 31.7. The molecule has 0 amide bonds. The third kappa shape index (κ3) is 8.48. The van der Waals surface area contributed by atoms with Gasteiger partial charge < -0.3 is 25.3 Å². The van der Waals surface area contributed by atoms with E-state index in [9.17, 15) is 23.1 Å². The number of carboxylic acids is 2. The van der Waals surface area contributed by atoms with Gasteiger partial charge in [0.15, 0.2) is 5.96 Å². The fourth-order valence-electron chi connectivity index (χ4n) is 4.03. The molecule has 3 N–H and O–H groups in total. The van der Waals surface area contributed by atoms with Crippen molar-refractivity contribution in [3.8, 4) is 0 Å². The Balaban J connectivity index is 0.000000559. The number of halogens is 3. The highest BCUT2D eigenvalue weighted by Crippen LogP contribution is 2.24. The van der Waals surface area contributed by atoms with E-state index in [-0.39, 0.29) is 5.56 Å². The van der Waals surface area contributed by atoms with Crippen LogP contribution in [0.1, 0.15) is 27.0 Å². The Morgan fingerprint density at radius 1 is 0.875 bits per heavy atom. The summed E-state index contributed by atoms with van der Waals surface area (Å²) in [6.45, 7) is 8.44. The predicted molar refractivity (Wildman–Crippen MR) is 148 cm³/mol. The summed E-state index contributed by atoms with van der Waals surface area (Å²) in [6.07, 6.45) is -5.08. The molecule has 212 valence electrons. The molecule has 8 nitrogen and oxygen atoms in total. The van der Waals surface area contributed by atoms with Crippen LogP contribution in [-0.4, -0.2) is 65.4 Å². The maximum atomic E-state index is 11.2. The number of aromatic carboxylic acids is 1. The van der Waals surface area contributed by atoms with Gasteiger partial charge >= 0.3 is 18.1 Å². The van der Waals surface area contributed by atoms with Crippen LogP contribution in [0, 0.1) is 13.8 Å². The van der Waals surface area contributed by atoms with E-state index in [0.29, 0.717) is 6.54 Å². The van der Waals surface area contributed by atoms with E-state index in [1.807, 2.05) is 18.2 Å². The third-order valence-corrected chi connectivity index (χ3v) is 6.38. The fraction of sp³-hybridized carbons (Fsp3) is 0.276. The second-order valence-electron chi connectivity index (χ2n) is 9.13. The standard InChI is InChI=1S/C27H30N4O2.C2HF3O2/c1-20-7-6-10-25(21(20)2)30-15-17-31(18-16-30)27(28-19-22-8-4-3-5-9-22)29-24-13-11-23(12-14-24)26(32)33;3-2(4,5)1(6)7/h3-14H,15-19H2,1-2H3,(H,28,29)(H,32,33);(H,6,7). The number of carboxylic acid groups (broad SMARTS) is 2. The molecule has 0 radical (unpaired) electrons. The van der Waals surface area contributed by atoms with E-state index in [0.717, 1.165) is 43.4 Å². The third-order valence-electron chi connectivity index (χ3n) is 6.38. The van der Waals surface area contributed by atoms with Gasteiger partial charge in [-0.1, -0.05) is 42.5 Å².